The van der Waals surface area contributed by atoms with Crippen molar-refractivity contribution < 1.29 is 9.90 Å². The third kappa shape index (κ3) is 3.81. The van der Waals surface area contributed by atoms with Gasteiger partial charge in [0.2, 0.25) is 0 Å². The summed E-state index contributed by atoms with van der Waals surface area (Å²) >= 11 is 9.12. The average molecular weight is 293 g/mol. The molecule has 0 aliphatic heterocycles. The number of rotatable bonds is 3. The van der Waals surface area contributed by atoms with Gasteiger partial charge in [-0.15, -0.1) is 0 Å². The fourth-order valence-electron chi connectivity index (χ4n) is 1.01. The van der Waals surface area contributed by atoms with Crippen LogP contribution in [0.4, 0.5) is 0 Å². The third-order valence-corrected chi connectivity index (χ3v) is 2.55. The van der Waals surface area contributed by atoms with Crippen molar-refractivity contribution in [2.75, 3.05) is 6.54 Å². The first kappa shape index (κ1) is 12.5. The molecule has 2 N–H and O–H groups in total. The molecule has 5 heteroatoms. The molecule has 0 spiro atoms. The molecule has 1 amide bonds. The number of hydrogen-bond donors (Lipinski definition) is 2. The topological polar surface area (TPSA) is 49.3 Å². The zero-order valence-corrected chi connectivity index (χ0v) is 10.5. The summed E-state index contributed by atoms with van der Waals surface area (Å²) in [6.07, 6.45) is -0.570. The molecular formula is C10H11BrClNO2. The molecule has 15 heavy (non-hydrogen) atoms. The quantitative estimate of drug-likeness (QED) is 0.897. The molecule has 82 valence electrons. The minimum absolute atomic E-state index is 0.210. The van der Waals surface area contributed by atoms with E-state index in [1.165, 1.54) is 0 Å². The lowest BCUT2D eigenvalue weighted by atomic mass is 10.2. The molecule has 0 aromatic heterocycles. The molecule has 1 aromatic rings. The van der Waals surface area contributed by atoms with Crippen LogP contribution in [0.25, 0.3) is 0 Å². The van der Waals surface area contributed by atoms with Crippen LogP contribution in [-0.4, -0.2) is 23.7 Å². The lowest BCUT2D eigenvalue weighted by molar-refractivity contribution is 0.0924. The van der Waals surface area contributed by atoms with Crippen LogP contribution >= 0.6 is 27.5 Å². The molecule has 3 nitrogen and oxygen atoms in total. The first-order chi connectivity index (χ1) is 7.00. The molecule has 0 saturated carbocycles. The second-order valence-corrected chi connectivity index (χ2v) is 4.51. The van der Waals surface area contributed by atoms with E-state index in [4.69, 9.17) is 16.7 Å². The Labute approximate surface area is 102 Å². The zero-order chi connectivity index (χ0) is 11.4. The van der Waals surface area contributed by atoms with Crippen LogP contribution in [0, 0.1) is 0 Å². The van der Waals surface area contributed by atoms with E-state index in [-0.39, 0.29) is 12.5 Å². The number of aliphatic hydroxyl groups is 1. The van der Waals surface area contributed by atoms with Crippen molar-refractivity contribution in [3.8, 4) is 0 Å². The molecule has 1 atom stereocenters. The van der Waals surface area contributed by atoms with Crippen molar-refractivity contribution in [2.45, 2.75) is 13.0 Å². The van der Waals surface area contributed by atoms with Gasteiger partial charge in [-0.1, -0.05) is 27.5 Å². The highest BCUT2D eigenvalue weighted by molar-refractivity contribution is 9.10. The molecule has 0 aliphatic carbocycles. The smallest absolute Gasteiger partial charge is 0.252 e. The van der Waals surface area contributed by atoms with Gasteiger partial charge >= 0.3 is 0 Å². The lowest BCUT2D eigenvalue weighted by Gasteiger charge is -2.08. The normalized spacial score (nSPS) is 12.3. The minimum Gasteiger partial charge on any atom is -0.392 e. The van der Waals surface area contributed by atoms with Crippen molar-refractivity contribution in [3.05, 3.63) is 33.3 Å². The van der Waals surface area contributed by atoms with Crippen molar-refractivity contribution in [3.63, 3.8) is 0 Å². The predicted molar refractivity (Wildman–Crippen MR) is 63.2 cm³/mol. The monoisotopic (exact) mass is 291 g/mol. The van der Waals surface area contributed by atoms with Gasteiger partial charge in [0.1, 0.15) is 0 Å². The Hall–Kier alpha value is -0.580. The Morgan fingerprint density at radius 2 is 2.33 bits per heavy atom. The van der Waals surface area contributed by atoms with Crippen LogP contribution in [0.15, 0.2) is 22.7 Å². The molecule has 0 radical (unpaired) electrons. The van der Waals surface area contributed by atoms with Crippen LogP contribution in [0.5, 0.6) is 0 Å². The summed E-state index contributed by atoms with van der Waals surface area (Å²) in [6.45, 7) is 1.81. The van der Waals surface area contributed by atoms with Crippen LogP contribution in [-0.2, 0) is 0 Å². The highest BCUT2D eigenvalue weighted by Crippen LogP contribution is 2.20. The SMILES string of the molecule is CC(O)CNC(=O)c1cc(Br)ccc1Cl. The highest BCUT2D eigenvalue weighted by atomic mass is 79.9. The molecule has 0 bridgehead atoms. The minimum atomic E-state index is -0.570. The van der Waals surface area contributed by atoms with E-state index in [2.05, 4.69) is 21.2 Å². The second kappa shape index (κ2) is 5.49. The second-order valence-electron chi connectivity index (χ2n) is 3.18. The molecule has 1 rings (SSSR count). The maximum Gasteiger partial charge on any atom is 0.252 e. The van der Waals surface area contributed by atoms with Gasteiger partial charge in [0, 0.05) is 11.0 Å². The summed E-state index contributed by atoms with van der Waals surface area (Å²) in [5.74, 6) is -0.290. The Balaban J connectivity index is 2.77. The Morgan fingerprint density at radius 1 is 1.67 bits per heavy atom. The average Bonchev–Trinajstić information content (AvgIpc) is 2.18. The molecule has 1 unspecified atom stereocenters. The van der Waals surface area contributed by atoms with E-state index >= 15 is 0 Å². The first-order valence-corrected chi connectivity index (χ1v) is 5.59. The molecule has 1 aromatic carbocycles. The van der Waals surface area contributed by atoms with Crippen LogP contribution in [0.1, 0.15) is 17.3 Å². The number of halogens is 2. The van der Waals surface area contributed by atoms with Gasteiger partial charge in [-0.2, -0.15) is 0 Å². The van der Waals surface area contributed by atoms with Crippen LogP contribution < -0.4 is 5.32 Å². The summed E-state index contributed by atoms with van der Waals surface area (Å²) in [5.41, 5.74) is 0.395. The summed E-state index contributed by atoms with van der Waals surface area (Å²) in [7, 11) is 0. The molecule has 0 saturated heterocycles. The molecule has 0 aliphatic rings. The highest BCUT2D eigenvalue weighted by Gasteiger charge is 2.10. The predicted octanol–water partition coefficient (Wildman–Crippen LogP) is 2.21. The number of hydrogen-bond acceptors (Lipinski definition) is 2. The van der Waals surface area contributed by atoms with Crippen LogP contribution in [0.3, 0.4) is 0 Å². The maximum absolute atomic E-state index is 11.6. The maximum atomic E-state index is 11.6. The van der Waals surface area contributed by atoms with E-state index in [0.717, 1.165) is 4.47 Å². The van der Waals surface area contributed by atoms with E-state index < -0.39 is 6.10 Å². The standard InChI is InChI=1S/C10H11BrClNO2/c1-6(14)5-13-10(15)8-4-7(11)2-3-9(8)12/h2-4,6,14H,5H2,1H3,(H,13,15). The van der Waals surface area contributed by atoms with Crippen molar-refractivity contribution in [1.29, 1.82) is 0 Å². The Kier molecular flexibility index (Phi) is 4.57. The molecule has 0 heterocycles. The Morgan fingerprint density at radius 3 is 2.93 bits per heavy atom. The van der Waals surface area contributed by atoms with Crippen molar-refractivity contribution in [1.82, 2.24) is 5.32 Å². The van der Waals surface area contributed by atoms with Gasteiger partial charge < -0.3 is 10.4 Å². The van der Waals surface area contributed by atoms with Gasteiger partial charge in [-0.3, -0.25) is 4.79 Å². The zero-order valence-electron chi connectivity index (χ0n) is 8.13. The third-order valence-electron chi connectivity index (χ3n) is 1.73. The fourth-order valence-corrected chi connectivity index (χ4v) is 1.57. The Bertz CT molecular complexity index is 368. The number of carbonyl (C=O) groups excluding carboxylic acids is 1. The van der Waals surface area contributed by atoms with E-state index in [9.17, 15) is 4.79 Å². The summed E-state index contributed by atoms with van der Waals surface area (Å²) < 4.78 is 0.786. The van der Waals surface area contributed by atoms with E-state index in [0.29, 0.717) is 10.6 Å². The van der Waals surface area contributed by atoms with Gasteiger partial charge in [0.25, 0.3) is 5.91 Å². The molecule has 0 fully saturated rings. The van der Waals surface area contributed by atoms with Crippen LogP contribution in [0.2, 0.25) is 5.02 Å². The number of carbonyl (C=O) groups is 1. The van der Waals surface area contributed by atoms with Gasteiger partial charge in [-0.05, 0) is 25.1 Å². The first-order valence-electron chi connectivity index (χ1n) is 4.42. The summed E-state index contributed by atoms with van der Waals surface area (Å²) in [5, 5.41) is 12.0. The van der Waals surface area contributed by atoms with Gasteiger partial charge in [-0.25, -0.2) is 0 Å². The van der Waals surface area contributed by atoms with Gasteiger partial charge in [0.05, 0.1) is 16.7 Å². The number of aliphatic hydroxyl groups excluding tert-OH is 1. The van der Waals surface area contributed by atoms with E-state index in [1.54, 1.807) is 25.1 Å². The lowest BCUT2D eigenvalue weighted by Crippen LogP contribution is -2.30. The number of amides is 1. The summed E-state index contributed by atoms with van der Waals surface area (Å²) in [4.78, 5) is 11.6. The molecular weight excluding hydrogens is 281 g/mol. The fraction of sp³-hybridized carbons (Fsp3) is 0.300. The number of nitrogens with one attached hydrogen (secondary N) is 1. The summed E-state index contributed by atoms with van der Waals surface area (Å²) in [6, 6.07) is 5.04. The number of benzene rings is 1. The largest absolute Gasteiger partial charge is 0.392 e. The van der Waals surface area contributed by atoms with Gasteiger partial charge in [0.15, 0.2) is 0 Å². The van der Waals surface area contributed by atoms with E-state index in [1.807, 2.05) is 0 Å². The van der Waals surface area contributed by atoms with Crippen molar-refractivity contribution in [2.24, 2.45) is 0 Å². The van der Waals surface area contributed by atoms with Crippen molar-refractivity contribution >= 4 is 33.4 Å².